The van der Waals surface area contributed by atoms with Crippen LogP contribution in [0.1, 0.15) is 37.2 Å². The van der Waals surface area contributed by atoms with Gasteiger partial charge in [-0.2, -0.15) is 0 Å². The maximum atomic E-state index is 6.30. The molecule has 2 N–H and O–H groups in total. The van der Waals surface area contributed by atoms with Gasteiger partial charge < -0.3 is 10.3 Å². The van der Waals surface area contributed by atoms with E-state index in [1.54, 1.807) is 0 Å². The number of aromatic nitrogens is 2. The van der Waals surface area contributed by atoms with Crippen molar-refractivity contribution in [2.24, 2.45) is 0 Å². The van der Waals surface area contributed by atoms with Gasteiger partial charge in [0.15, 0.2) is 0 Å². The second kappa shape index (κ2) is 5.47. The quantitative estimate of drug-likeness (QED) is 0.907. The number of nitrogens with two attached hydrogens (primary N) is 1. The molecule has 2 aromatic rings. The molecule has 0 fully saturated rings. The Kier molecular flexibility index (Phi) is 3.93. The zero-order valence-corrected chi connectivity index (χ0v) is 12.3. The standard InChI is InChI=1S/C16H23N3/c1-5-8-14-18-15(16(17)19(14)6-2)13-10-7-9-11(3)12(13)4/h7,9-10H,5-6,8,17H2,1-4H3. The lowest BCUT2D eigenvalue weighted by atomic mass is 10.0. The zero-order valence-electron chi connectivity index (χ0n) is 12.3. The van der Waals surface area contributed by atoms with E-state index in [9.17, 15) is 0 Å². The van der Waals surface area contributed by atoms with Crippen molar-refractivity contribution < 1.29 is 0 Å². The van der Waals surface area contributed by atoms with Crippen molar-refractivity contribution in [2.75, 3.05) is 5.73 Å². The molecule has 0 amide bonds. The normalized spacial score (nSPS) is 10.9. The fourth-order valence-corrected chi connectivity index (χ4v) is 2.49. The Labute approximate surface area is 115 Å². The van der Waals surface area contributed by atoms with E-state index in [4.69, 9.17) is 10.7 Å². The van der Waals surface area contributed by atoms with Gasteiger partial charge in [-0.15, -0.1) is 0 Å². The molecule has 0 saturated heterocycles. The highest BCUT2D eigenvalue weighted by atomic mass is 15.1. The molecular formula is C16H23N3. The number of hydrogen-bond acceptors (Lipinski definition) is 2. The van der Waals surface area contributed by atoms with Crippen molar-refractivity contribution in [3.63, 3.8) is 0 Å². The first-order valence-corrected chi connectivity index (χ1v) is 7.01. The predicted octanol–water partition coefficient (Wildman–Crippen LogP) is 3.72. The topological polar surface area (TPSA) is 43.8 Å². The van der Waals surface area contributed by atoms with Crippen molar-refractivity contribution >= 4 is 5.82 Å². The van der Waals surface area contributed by atoms with Gasteiger partial charge in [0.05, 0.1) is 0 Å². The number of nitrogens with zero attached hydrogens (tertiary/aromatic N) is 2. The minimum atomic E-state index is 0.791. The van der Waals surface area contributed by atoms with E-state index in [1.165, 1.54) is 11.1 Å². The van der Waals surface area contributed by atoms with E-state index in [1.807, 2.05) is 0 Å². The second-order valence-electron chi connectivity index (χ2n) is 5.00. The summed E-state index contributed by atoms with van der Waals surface area (Å²) in [5.41, 5.74) is 10.9. The van der Waals surface area contributed by atoms with Crippen LogP contribution < -0.4 is 5.73 Å². The predicted molar refractivity (Wildman–Crippen MR) is 81.2 cm³/mol. The summed E-state index contributed by atoms with van der Waals surface area (Å²) in [6.07, 6.45) is 2.06. The molecule has 3 heteroatoms. The molecule has 0 aliphatic heterocycles. The molecule has 0 radical (unpaired) electrons. The molecule has 1 heterocycles. The van der Waals surface area contributed by atoms with Gasteiger partial charge in [0, 0.05) is 18.5 Å². The van der Waals surface area contributed by atoms with Gasteiger partial charge >= 0.3 is 0 Å². The van der Waals surface area contributed by atoms with E-state index in [2.05, 4.69) is 50.5 Å². The monoisotopic (exact) mass is 257 g/mol. The Balaban J connectivity index is 2.59. The first kappa shape index (κ1) is 13.7. The number of benzene rings is 1. The summed E-state index contributed by atoms with van der Waals surface area (Å²) in [6, 6.07) is 6.30. The van der Waals surface area contributed by atoms with Crippen LogP contribution in [-0.2, 0) is 13.0 Å². The summed E-state index contributed by atoms with van der Waals surface area (Å²) in [5, 5.41) is 0. The van der Waals surface area contributed by atoms with Crippen molar-refractivity contribution in [3.05, 3.63) is 35.2 Å². The average molecular weight is 257 g/mol. The van der Waals surface area contributed by atoms with Crippen molar-refractivity contribution in [1.82, 2.24) is 9.55 Å². The van der Waals surface area contributed by atoms with E-state index in [0.717, 1.165) is 42.3 Å². The number of hydrogen-bond donors (Lipinski definition) is 1. The third kappa shape index (κ3) is 2.37. The summed E-state index contributed by atoms with van der Waals surface area (Å²) in [6.45, 7) is 9.42. The zero-order chi connectivity index (χ0) is 14.0. The summed E-state index contributed by atoms with van der Waals surface area (Å²) < 4.78 is 2.13. The molecular weight excluding hydrogens is 234 g/mol. The van der Waals surface area contributed by atoms with E-state index in [0.29, 0.717) is 0 Å². The first-order valence-electron chi connectivity index (χ1n) is 7.01. The molecule has 0 spiro atoms. The van der Waals surface area contributed by atoms with Crippen molar-refractivity contribution in [1.29, 1.82) is 0 Å². The minimum absolute atomic E-state index is 0.791. The van der Waals surface area contributed by atoms with Crippen LogP contribution in [0.3, 0.4) is 0 Å². The van der Waals surface area contributed by atoms with Gasteiger partial charge in [-0.1, -0.05) is 25.1 Å². The molecule has 1 aromatic heterocycles. The van der Waals surface area contributed by atoms with Crippen LogP contribution >= 0.6 is 0 Å². The van der Waals surface area contributed by atoms with Crippen LogP contribution in [-0.4, -0.2) is 9.55 Å². The lowest BCUT2D eigenvalue weighted by Gasteiger charge is -2.08. The lowest BCUT2D eigenvalue weighted by molar-refractivity contribution is 0.690. The van der Waals surface area contributed by atoms with Crippen LogP contribution in [0.4, 0.5) is 5.82 Å². The van der Waals surface area contributed by atoms with Crippen LogP contribution in [0.15, 0.2) is 18.2 Å². The number of rotatable bonds is 4. The molecule has 1 aromatic carbocycles. The fraction of sp³-hybridized carbons (Fsp3) is 0.438. The number of aryl methyl sites for hydroxylation is 2. The van der Waals surface area contributed by atoms with Gasteiger partial charge in [-0.3, -0.25) is 0 Å². The maximum Gasteiger partial charge on any atom is 0.131 e. The molecule has 0 aliphatic rings. The fourth-order valence-electron chi connectivity index (χ4n) is 2.49. The van der Waals surface area contributed by atoms with Crippen LogP contribution in [0, 0.1) is 13.8 Å². The Morgan fingerprint density at radius 1 is 1.21 bits per heavy atom. The molecule has 102 valence electrons. The Hall–Kier alpha value is -1.77. The lowest BCUT2D eigenvalue weighted by Crippen LogP contribution is -2.05. The van der Waals surface area contributed by atoms with Gasteiger partial charge in [0.2, 0.25) is 0 Å². The second-order valence-corrected chi connectivity index (χ2v) is 5.00. The average Bonchev–Trinajstić information content (AvgIpc) is 2.70. The molecule has 0 aliphatic carbocycles. The Morgan fingerprint density at radius 3 is 2.58 bits per heavy atom. The Bertz CT molecular complexity index is 582. The largest absolute Gasteiger partial charge is 0.383 e. The molecule has 0 saturated carbocycles. The summed E-state index contributed by atoms with van der Waals surface area (Å²) in [4.78, 5) is 4.78. The summed E-state index contributed by atoms with van der Waals surface area (Å²) in [7, 11) is 0. The minimum Gasteiger partial charge on any atom is -0.383 e. The summed E-state index contributed by atoms with van der Waals surface area (Å²) in [5.74, 6) is 1.89. The third-order valence-electron chi connectivity index (χ3n) is 3.74. The highest BCUT2D eigenvalue weighted by Gasteiger charge is 2.16. The number of imidazole rings is 1. The number of nitrogen functional groups attached to an aromatic ring is 1. The van der Waals surface area contributed by atoms with Crippen LogP contribution in [0.25, 0.3) is 11.3 Å². The van der Waals surface area contributed by atoms with Gasteiger partial charge in [-0.05, 0) is 38.3 Å². The van der Waals surface area contributed by atoms with E-state index >= 15 is 0 Å². The first-order chi connectivity index (χ1) is 9.10. The molecule has 3 nitrogen and oxygen atoms in total. The van der Waals surface area contributed by atoms with Gasteiger partial charge in [0.1, 0.15) is 17.3 Å². The van der Waals surface area contributed by atoms with Crippen LogP contribution in [0.5, 0.6) is 0 Å². The molecule has 0 atom stereocenters. The number of anilines is 1. The van der Waals surface area contributed by atoms with Gasteiger partial charge in [0.25, 0.3) is 0 Å². The highest BCUT2D eigenvalue weighted by molar-refractivity contribution is 5.74. The van der Waals surface area contributed by atoms with Crippen molar-refractivity contribution in [2.45, 2.75) is 47.1 Å². The summed E-state index contributed by atoms with van der Waals surface area (Å²) >= 11 is 0. The SMILES string of the molecule is CCCc1nc(-c2cccc(C)c2C)c(N)n1CC. The Morgan fingerprint density at radius 2 is 1.95 bits per heavy atom. The van der Waals surface area contributed by atoms with Crippen LogP contribution in [0.2, 0.25) is 0 Å². The van der Waals surface area contributed by atoms with E-state index < -0.39 is 0 Å². The van der Waals surface area contributed by atoms with E-state index in [-0.39, 0.29) is 0 Å². The molecule has 0 bridgehead atoms. The smallest absolute Gasteiger partial charge is 0.131 e. The van der Waals surface area contributed by atoms with Gasteiger partial charge in [-0.25, -0.2) is 4.98 Å². The highest BCUT2D eigenvalue weighted by Crippen LogP contribution is 2.30. The molecule has 0 unspecified atom stereocenters. The third-order valence-corrected chi connectivity index (χ3v) is 3.74. The molecule has 19 heavy (non-hydrogen) atoms. The van der Waals surface area contributed by atoms with Crippen molar-refractivity contribution in [3.8, 4) is 11.3 Å². The molecule has 2 rings (SSSR count). The maximum absolute atomic E-state index is 6.30.